The summed E-state index contributed by atoms with van der Waals surface area (Å²) in [6.07, 6.45) is 72.7. The van der Waals surface area contributed by atoms with Crippen molar-refractivity contribution >= 4 is 0 Å². The van der Waals surface area contributed by atoms with Crippen LogP contribution in [0.1, 0.15) is 321 Å². The second-order valence-electron chi connectivity index (χ2n) is 19.1. The molecule has 0 aliphatic heterocycles. The van der Waals surface area contributed by atoms with Crippen LogP contribution in [0.15, 0.2) is 18.5 Å². The van der Waals surface area contributed by atoms with E-state index in [2.05, 4.69) is 43.8 Å². The molecule has 0 unspecified atom stereocenters. The van der Waals surface area contributed by atoms with Crippen molar-refractivity contribution in [1.82, 2.24) is 0 Å². The molecule has 0 aliphatic carbocycles. The molecule has 0 fully saturated rings. The van der Waals surface area contributed by atoms with E-state index in [9.17, 15) is 0 Å². The number of hydrogen-bond donors (Lipinski definition) is 0. The fourth-order valence-corrected chi connectivity index (χ4v) is 9.25. The second kappa shape index (κ2) is 46.2. The van der Waals surface area contributed by atoms with Crippen LogP contribution in [-0.4, -0.2) is 0 Å². The lowest BCUT2D eigenvalue weighted by atomic mass is 10.0. The average molecular weight is 795 g/mol. The summed E-state index contributed by atoms with van der Waals surface area (Å²) in [6, 6.07) is 2.59. The maximum Gasteiger partial charge on any atom is 0.171 e. The largest absolute Gasteiger partial charge is 0.205 e. The molecule has 0 amide bonds. The van der Waals surface area contributed by atoms with Crippen molar-refractivity contribution in [2.45, 2.75) is 329 Å². The molecule has 0 bridgehead atoms. The molecule has 0 aliphatic rings. The zero-order chi connectivity index (χ0) is 40.8. The number of pyridine rings is 1. The summed E-state index contributed by atoms with van der Waals surface area (Å²) in [4.78, 5) is 0. The van der Waals surface area contributed by atoms with E-state index in [0.717, 1.165) is 0 Å². The monoisotopic (exact) mass is 795 g/mol. The van der Waals surface area contributed by atoms with Crippen molar-refractivity contribution in [3.63, 3.8) is 0 Å². The van der Waals surface area contributed by atoms with E-state index in [0.29, 0.717) is 0 Å². The van der Waals surface area contributed by atoms with Gasteiger partial charge in [-0.05, 0) is 38.2 Å². The predicted molar refractivity (Wildman–Crippen MR) is 259 cm³/mol. The van der Waals surface area contributed by atoms with Gasteiger partial charge in [-0.3, -0.25) is 0 Å². The van der Waals surface area contributed by atoms with E-state index in [-0.39, 0.29) is 0 Å². The van der Waals surface area contributed by atoms with Crippen LogP contribution in [-0.2, 0) is 19.4 Å². The molecule has 0 saturated carbocycles. The highest BCUT2D eigenvalue weighted by Gasteiger charge is 2.09. The Hall–Kier alpha value is -0.850. The van der Waals surface area contributed by atoms with Crippen LogP contribution in [0.5, 0.6) is 0 Å². The van der Waals surface area contributed by atoms with Crippen molar-refractivity contribution in [2.24, 2.45) is 0 Å². The van der Waals surface area contributed by atoms with Gasteiger partial charge in [0.1, 0.15) is 6.54 Å². The average Bonchev–Trinajstić information content (AvgIpc) is 3.22. The first-order valence-electron chi connectivity index (χ1n) is 27.3. The molecule has 1 heteroatoms. The van der Waals surface area contributed by atoms with E-state index in [1.54, 1.807) is 11.1 Å². The molecule has 0 aromatic carbocycles. The van der Waals surface area contributed by atoms with Gasteiger partial charge in [-0.2, -0.15) is 0 Å². The zero-order valence-corrected chi connectivity index (χ0v) is 40.1. The zero-order valence-electron chi connectivity index (χ0n) is 40.1. The molecule has 1 rings (SSSR count). The fraction of sp³-hybridized carbons (Fsp3) is 0.911. The van der Waals surface area contributed by atoms with E-state index < -0.39 is 0 Å². The number of unbranched alkanes of at least 4 members (excludes halogenated alkanes) is 42. The summed E-state index contributed by atoms with van der Waals surface area (Å²) in [7, 11) is 0. The van der Waals surface area contributed by atoms with Crippen molar-refractivity contribution in [3.05, 3.63) is 29.6 Å². The Labute approximate surface area is 361 Å². The summed E-state index contributed by atoms with van der Waals surface area (Å²) < 4.78 is 2.60. The van der Waals surface area contributed by atoms with E-state index >= 15 is 0 Å². The van der Waals surface area contributed by atoms with Gasteiger partial charge in [-0.25, -0.2) is 4.57 Å². The van der Waals surface area contributed by atoms with E-state index in [4.69, 9.17) is 0 Å². The second-order valence-corrected chi connectivity index (χ2v) is 19.1. The Morgan fingerprint density at radius 3 is 0.667 bits per heavy atom. The number of nitrogens with zero attached hydrogens (tertiary/aromatic N) is 1. The quantitative estimate of drug-likeness (QED) is 0.0457. The van der Waals surface area contributed by atoms with Gasteiger partial charge >= 0.3 is 0 Å². The Morgan fingerprint density at radius 1 is 0.246 bits per heavy atom. The molecule has 0 radical (unpaired) electrons. The van der Waals surface area contributed by atoms with Gasteiger partial charge in [-0.1, -0.05) is 284 Å². The summed E-state index contributed by atoms with van der Waals surface area (Å²) >= 11 is 0. The first-order valence-corrected chi connectivity index (χ1v) is 27.3. The van der Waals surface area contributed by atoms with Crippen molar-refractivity contribution in [1.29, 1.82) is 0 Å². The minimum Gasteiger partial charge on any atom is -0.205 e. The molecule has 0 saturated heterocycles. The highest BCUT2D eigenvalue weighted by molar-refractivity contribution is 5.15. The number of hydrogen-bond acceptors (Lipinski definition) is 0. The van der Waals surface area contributed by atoms with Gasteiger partial charge < -0.3 is 0 Å². The van der Waals surface area contributed by atoms with Gasteiger partial charge in [-0.15, -0.1) is 0 Å². The molecule has 0 atom stereocenters. The summed E-state index contributed by atoms with van der Waals surface area (Å²) in [5.41, 5.74) is 3.23. The molecular weight excluding hydrogens is 687 g/mol. The van der Waals surface area contributed by atoms with Crippen LogP contribution in [0.25, 0.3) is 0 Å². The van der Waals surface area contributed by atoms with Crippen molar-refractivity contribution in [2.75, 3.05) is 0 Å². The highest BCUT2D eigenvalue weighted by atomic mass is 14.9. The topological polar surface area (TPSA) is 3.88 Å². The summed E-state index contributed by atoms with van der Waals surface area (Å²) in [6.45, 7) is 8.17. The molecular formula is C56H108N+. The molecule has 57 heavy (non-hydrogen) atoms. The fourth-order valence-electron chi connectivity index (χ4n) is 9.25. The lowest BCUT2D eigenvalue weighted by Crippen LogP contribution is -2.34. The molecule has 1 heterocycles. The minimum absolute atomic E-state index is 1.22. The first kappa shape index (κ1) is 54.2. The third-order valence-electron chi connectivity index (χ3n) is 13.2. The third kappa shape index (κ3) is 40.3. The third-order valence-corrected chi connectivity index (χ3v) is 13.2. The summed E-state index contributed by atoms with van der Waals surface area (Å²) in [5.74, 6) is 0. The van der Waals surface area contributed by atoms with Crippen molar-refractivity contribution in [3.8, 4) is 0 Å². The summed E-state index contributed by atoms with van der Waals surface area (Å²) in [5, 5.41) is 0. The van der Waals surface area contributed by atoms with Gasteiger partial charge in [0.15, 0.2) is 12.4 Å². The number of rotatable bonds is 48. The first-order chi connectivity index (χ1) is 28.3. The molecule has 336 valence electrons. The normalized spacial score (nSPS) is 11.6. The Balaban J connectivity index is 2.27. The molecule has 0 spiro atoms. The van der Waals surface area contributed by atoms with Crippen LogP contribution in [0, 0.1) is 0 Å². The lowest BCUT2D eigenvalue weighted by Gasteiger charge is -2.08. The molecule has 1 aromatic heterocycles. The maximum atomic E-state index is 2.60. The van der Waals surface area contributed by atoms with Gasteiger partial charge in [0.2, 0.25) is 0 Å². The Kier molecular flexibility index (Phi) is 43.9. The number of aromatic nitrogens is 1. The number of aryl methyl sites for hydroxylation is 3. The Morgan fingerprint density at radius 2 is 0.439 bits per heavy atom. The highest BCUT2D eigenvalue weighted by Crippen LogP contribution is 2.18. The van der Waals surface area contributed by atoms with Crippen LogP contribution in [0.4, 0.5) is 0 Å². The van der Waals surface area contributed by atoms with Crippen LogP contribution >= 0.6 is 0 Å². The standard InChI is InChI=1S/C56H108N/c1-4-7-10-13-16-19-22-25-27-29-31-34-37-40-43-46-49-55-52-56(50-47-44-41-38-35-32-30-28-26-23-20-17-14-11-8-5-2)54-57(53-55)51-48-45-42-39-36-33-24-21-18-15-12-9-6-3/h52-54H,4-51H2,1-3H3/q+1. The molecule has 0 N–H and O–H groups in total. The van der Waals surface area contributed by atoms with Crippen LogP contribution in [0.2, 0.25) is 0 Å². The molecule has 1 nitrogen and oxygen atoms in total. The van der Waals surface area contributed by atoms with Gasteiger partial charge in [0, 0.05) is 17.5 Å². The van der Waals surface area contributed by atoms with E-state index in [1.165, 1.54) is 308 Å². The lowest BCUT2D eigenvalue weighted by molar-refractivity contribution is -0.698. The maximum absolute atomic E-state index is 2.60. The van der Waals surface area contributed by atoms with Gasteiger partial charge in [0.05, 0.1) is 0 Å². The van der Waals surface area contributed by atoms with Crippen LogP contribution in [0.3, 0.4) is 0 Å². The molecule has 1 aromatic rings. The van der Waals surface area contributed by atoms with E-state index in [1.807, 2.05) is 0 Å². The van der Waals surface area contributed by atoms with Gasteiger partial charge in [0.25, 0.3) is 0 Å². The van der Waals surface area contributed by atoms with Crippen molar-refractivity contribution < 1.29 is 4.57 Å². The Bertz CT molecular complexity index is 835. The predicted octanol–water partition coefficient (Wildman–Crippen LogP) is 19.7. The van der Waals surface area contributed by atoms with Crippen LogP contribution < -0.4 is 4.57 Å². The smallest absolute Gasteiger partial charge is 0.171 e. The minimum atomic E-state index is 1.22. The SMILES string of the molecule is CCCCCCCCCCCCCCCCCCc1cc(CCCCCCCCCCCCCCCCCC)c[n+](CCCCCCCCCCCCCCC)c1.